The third-order valence-corrected chi connectivity index (χ3v) is 3.62. The summed E-state index contributed by atoms with van der Waals surface area (Å²) in [5.41, 5.74) is 3.02. The van der Waals surface area contributed by atoms with Gasteiger partial charge >= 0.3 is 0 Å². The molecule has 0 bridgehead atoms. The fraction of sp³-hybridized carbons (Fsp3) is 0.286. The quantitative estimate of drug-likeness (QED) is 0.707. The van der Waals surface area contributed by atoms with Crippen molar-refractivity contribution in [2.75, 3.05) is 11.9 Å². The van der Waals surface area contributed by atoms with E-state index in [9.17, 15) is 4.79 Å². The number of ether oxygens (including phenoxy) is 1. The molecule has 3 heteroatoms. The van der Waals surface area contributed by atoms with E-state index in [1.807, 2.05) is 48.5 Å². The van der Waals surface area contributed by atoms with Crippen molar-refractivity contribution >= 4 is 17.7 Å². The molecule has 24 heavy (non-hydrogen) atoms. The van der Waals surface area contributed by atoms with Gasteiger partial charge < -0.3 is 10.1 Å². The standard InChI is InChI=1S/C21H25NO2/c1-4-15-24-20-12-5-17(6-13-20)7-14-21(23)22-19-10-8-18(9-11-19)16(2)3/h5-14,16H,4,15H2,1-3H3,(H,22,23)/b14-7+. The molecule has 126 valence electrons. The number of carbonyl (C=O) groups is 1. The van der Waals surface area contributed by atoms with Gasteiger partial charge in [0.1, 0.15) is 5.75 Å². The van der Waals surface area contributed by atoms with Gasteiger partial charge in [-0.1, -0.05) is 45.0 Å². The van der Waals surface area contributed by atoms with Gasteiger partial charge in [-0.2, -0.15) is 0 Å². The highest BCUT2D eigenvalue weighted by Gasteiger charge is 2.01. The summed E-state index contributed by atoms with van der Waals surface area (Å²) < 4.78 is 5.54. The van der Waals surface area contributed by atoms with E-state index in [1.54, 1.807) is 6.08 Å². The number of hydrogen-bond donors (Lipinski definition) is 1. The van der Waals surface area contributed by atoms with Crippen molar-refractivity contribution in [1.29, 1.82) is 0 Å². The van der Waals surface area contributed by atoms with Crippen molar-refractivity contribution in [1.82, 2.24) is 0 Å². The third kappa shape index (κ3) is 5.58. The fourth-order valence-electron chi connectivity index (χ4n) is 2.20. The van der Waals surface area contributed by atoms with Crippen molar-refractivity contribution in [3.05, 3.63) is 65.7 Å². The van der Waals surface area contributed by atoms with Gasteiger partial charge in [0.05, 0.1) is 6.61 Å². The van der Waals surface area contributed by atoms with Gasteiger partial charge in [0.2, 0.25) is 5.91 Å². The highest BCUT2D eigenvalue weighted by Crippen LogP contribution is 2.17. The van der Waals surface area contributed by atoms with Crippen LogP contribution < -0.4 is 10.1 Å². The summed E-state index contributed by atoms with van der Waals surface area (Å²) in [6.07, 6.45) is 4.32. The molecule has 0 saturated carbocycles. The van der Waals surface area contributed by atoms with Gasteiger partial charge in [-0.05, 0) is 53.8 Å². The zero-order valence-corrected chi connectivity index (χ0v) is 14.6. The lowest BCUT2D eigenvalue weighted by molar-refractivity contribution is -0.111. The van der Waals surface area contributed by atoms with E-state index in [1.165, 1.54) is 11.6 Å². The monoisotopic (exact) mass is 323 g/mol. The molecule has 0 aromatic heterocycles. The van der Waals surface area contributed by atoms with Crippen LogP contribution in [0.1, 0.15) is 44.2 Å². The molecule has 1 amide bonds. The molecule has 2 rings (SSSR count). The van der Waals surface area contributed by atoms with E-state index >= 15 is 0 Å². The molecule has 0 radical (unpaired) electrons. The molecular weight excluding hydrogens is 298 g/mol. The van der Waals surface area contributed by atoms with Crippen molar-refractivity contribution in [2.24, 2.45) is 0 Å². The second-order valence-corrected chi connectivity index (χ2v) is 6.02. The summed E-state index contributed by atoms with van der Waals surface area (Å²) in [6.45, 7) is 7.09. The van der Waals surface area contributed by atoms with Crippen LogP contribution in [0.15, 0.2) is 54.6 Å². The van der Waals surface area contributed by atoms with E-state index in [-0.39, 0.29) is 5.91 Å². The van der Waals surface area contributed by atoms with E-state index in [4.69, 9.17) is 4.74 Å². The van der Waals surface area contributed by atoms with E-state index in [2.05, 4.69) is 26.1 Å². The number of anilines is 1. The second-order valence-electron chi connectivity index (χ2n) is 6.02. The van der Waals surface area contributed by atoms with Gasteiger partial charge in [-0.25, -0.2) is 0 Å². The largest absolute Gasteiger partial charge is 0.494 e. The first-order valence-corrected chi connectivity index (χ1v) is 8.40. The zero-order chi connectivity index (χ0) is 17.4. The Morgan fingerprint density at radius 1 is 1.08 bits per heavy atom. The van der Waals surface area contributed by atoms with Gasteiger partial charge in [0, 0.05) is 11.8 Å². The molecule has 0 fully saturated rings. The van der Waals surface area contributed by atoms with Gasteiger partial charge in [-0.15, -0.1) is 0 Å². The summed E-state index contributed by atoms with van der Waals surface area (Å²) in [5, 5.41) is 2.87. The summed E-state index contributed by atoms with van der Waals surface area (Å²) in [6, 6.07) is 15.6. The predicted octanol–water partition coefficient (Wildman–Crippen LogP) is 5.25. The minimum atomic E-state index is -0.140. The van der Waals surface area contributed by atoms with Crippen LogP contribution in [0.2, 0.25) is 0 Å². The van der Waals surface area contributed by atoms with Gasteiger partial charge in [-0.3, -0.25) is 4.79 Å². The fourth-order valence-corrected chi connectivity index (χ4v) is 2.20. The Bertz CT molecular complexity index is 670. The van der Waals surface area contributed by atoms with E-state index < -0.39 is 0 Å². The summed E-state index contributed by atoms with van der Waals surface area (Å²) >= 11 is 0. The Labute approximate surface area is 144 Å². The number of carbonyl (C=O) groups excluding carboxylic acids is 1. The van der Waals surface area contributed by atoms with Crippen LogP contribution in [0.5, 0.6) is 5.75 Å². The lowest BCUT2D eigenvalue weighted by atomic mass is 10.0. The molecule has 1 N–H and O–H groups in total. The van der Waals surface area contributed by atoms with Crippen molar-refractivity contribution in [2.45, 2.75) is 33.1 Å². The normalized spacial score (nSPS) is 11.0. The van der Waals surface area contributed by atoms with Gasteiger partial charge in [0.25, 0.3) is 0 Å². The second kappa shape index (κ2) is 8.92. The van der Waals surface area contributed by atoms with Gasteiger partial charge in [0.15, 0.2) is 0 Å². The Hall–Kier alpha value is -2.55. The number of hydrogen-bond acceptors (Lipinski definition) is 2. The number of benzene rings is 2. The number of amides is 1. The molecule has 2 aromatic rings. The summed E-state index contributed by atoms with van der Waals surface area (Å²) in [4.78, 5) is 12.0. The highest BCUT2D eigenvalue weighted by atomic mass is 16.5. The van der Waals surface area contributed by atoms with Crippen molar-refractivity contribution in [3.63, 3.8) is 0 Å². The Kier molecular flexibility index (Phi) is 6.62. The highest BCUT2D eigenvalue weighted by molar-refractivity contribution is 6.01. The SMILES string of the molecule is CCCOc1ccc(/C=C/C(=O)Nc2ccc(C(C)C)cc2)cc1. The molecule has 0 heterocycles. The average molecular weight is 323 g/mol. The van der Waals surface area contributed by atoms with Crippen molar-refractivity contribution < 1.29 is 9.53 Å². The average Bonchev–Trinajstić information content (AvgIpc) is 2.59. The van der Waals surface area contributed by atoms with Crippen LogP contribution in [0.4, 0.5) is 5.69 Å². The molecule has 0 unspecified atom stereocenters. The predicted molar refractivity (Wildman–Crippen MR) is 100 cm³/mol. The molecule has 0 aliphatic heterocycles. The lowest BCUT2D eigenvalue weighted by Crippen LogP contribution is -2.07. The maximum absolute atomic E-state index is 12.0. The number of nitrogens with one attached hydrogen (secondary N) is 1. The minimum Gasteiger partial charge on any atom is -0.494 e. The maximum Gasteiger partial charge on any atom is 0.248 e. The topological polar surface area (TPSA) is 38.3 Å². The van der Waals surface area contributed by atoms with E-state index in [0.717, 1.165) is 23.4 Å². The molecular formula is C21H25NO2. The molecule has 3 nitrogen and oxygen atoms in total. The van der Waals surface area contributed by atoms with Crippen LogP contribution in [0, 0.1) is 0 Å². The van der Waals surface area contributed by atoms with Crippen LogP contribution in [0.3, 0.4) is 0 Å². The van der Waals surface area contributed by atoms with Crippen molar-refractivity contribution in [3.8, 4) is 5.75 Å². The van der Waals surface area contributed by atoms with Crippen LogP contribution in [-0.4, -0.2) is 12.5 Å². The zero-order valence-electron chi connectivity index (χ0n) is 14.6. The Balaban J connectivity index is 1.90. The Morgan fingerprint density at radius 3 is 2.33 bits per heavy atom. The third-order valence-electron chi connectivity index (χ3n) is 3.62. The molecule has 0 aliphatic rings. The molecule has 0 aliphatic carbocycles. The van der Waals surface area contributed by atoms with Crippen LogP contribution in [0.25, 0.3) is 6.08 Å². The van der Waals surface area contributed by atoms with Crippen LogP contribution in [-0.2, 0) is 4.79 Å². The smallest absolute Gasteiger partial charge is 0.248 e. The lowest BCUT2D eigenvalue weighted by Gasteiger charge is -2.07. The summed E-state index contributed by atoms with van der Waals surface area (Å²) in [5.74, 6) is 1.20. The first-order valence-electron chi connectivity index (χ1n) is 8.40. The first-order chi connectivity index (χ1) is 11.6. The number of rotatable bonds is 7. The first kappa shape index (κ1) is 17.8. The van der Waals surface area contributed by atoms with E-state index in [0.29, 0.717) is 12.5 Å². The Morgan fingerprint density at radius 2 is 1.75 bits per heavy atom. The van der Waals surface area contributed by atoms with Crippen LogP contribution >= 0.6 is 0 Å². The molecule has 2 aromatic carbocycles. The molecule has 0 spiro atoms. The molecule has 0 atom stereocenters. The summed E-state index contributed by atoms with van der Waals surface area (Å²) in [7, 11) is 0. The maximum atomic E-state index is 12.0. The minimum absolute atomic E-state index is 0.140. The molecule has 0 saturated heterocycles.